The zero-order valence-electron chi connectivity index (χ0n) is 51.7. The van der Waals surface area contributed by atoms with Crippen LogP contribution in [0.1, 0.15) is 124 Å². The van der Waals surface area contributed by atoms with Crippen molar-refractivity contribution < 1.29 is 110 Å². The predicted molar refractivity (Wildman–Crippen MR) is 343 cm³/mol. The first-order valence-electron chi connectivity index (χ1n) is 29.1. The first kappa shape index (κ1) is 78.4. The number of pyridine rings is 4. The molecule has 8 aromatic heterocycles. The van der Waals surface area contributed by atoms with Gasteiger partial charge in [0.1, 0.15) is 22.6 Å². The fourth-order valence-electron chi connectivity index (χ4n) is 10.6. The summed E-state index contributed by atoms with van der Waals surface area (Å²) in [7, 11) is 2.67. The van der Waals surface area contributed by atoms with Crippen molar-refractivity contribution in [2.75, 3.05) is 73.6 Å². The normalized spacial score (nSPS) is 18.3. The number of nitrogens with zero attached hydrogens (tertiary/aromatic N) is 7. The molecular weight excluding hydrogens is 1400 g/mol. The van der Waals surface area contributed by atoms with Crippen LogP contribution in [0.15, 0.2) is 73.8 Å². The Labute approximate surface area is 581 Å². The van der Waals surface area contributed by atoms with Gasteiger partial charge in [0.25, 0.3) is 0 Å². The number of nitrogens with one attached hydrogen (secondary N) is 1. The van der Waals surface area contributed by atoms with Gasteiger partial charge in [0.15, 0.2) is 5.78 Å². The molecule has 14 rings (SSSR count). The average molecular weight is 1470 g/mol. The van der Waals surface area contributed by atoms with Gasteiger partial charge in [0.05, 0.1) is 154 Å². The van der Waals surface area contributed by atoms with Crippen molar-refractivity contribution in [1.82, 2.24) is 38.6 Å². The predicted octanol–water partition coefficient (Wildman–Crippen LogP) is 7.84. The van der Waals surface area contributed by atoms with Crippen LogP contribution in [0.2, 0.25) is 20.1 Å². The number of ether oxygens (including phenoxy) is 6. The maximum absolute atomic E-state index is 13.3. The van der Waals surface area contributed by atoms with Crippen molar-refractivity contribution >= 4 is 130 Å². The Kier molecular flexibility index (Phi) is 27.9. The minimum absolute atomic E-state index is 0. The fourth-order valence-corrected chi connectivity index (χ4v) is 12.0. The van der Waals surface area contributed by atoms with Crippen LogP contribution in [-0.2, 0) is 28.4 Å². The molecule has 9 N–H and O–H groups in total. The molecule has 0 unspecified atom stereocenters. The summed E-state index contributed by atoms with van der Waals surface area (Å²) in [6, 6.07) is 7.00. The number of Topliss-reactive ketones (excluding diaryl/α,β-unsaturated/α-hetero) is 1. The molecule has 0 radical (unpaired) electrons. The van der Waals surface area contributed by atoms with Gasteiger partial charge >= 0.3 is 36.8 Å². The summed E-state index contributed by atoms with van der Waals surface area (Å²) >= 11 is 27.8. The van der Waals surface area contributed by atoms with E-state index in [1.807, 2.05) is 13.7 Å². The molecule has 0 atom stereocenters. The summed E-state index contributed by atoms with van der Waals surface area (Å²) in [6.45, 7) is 5.41. The third-order valence-corrected chi connectivity index (χ3v) is 18.3. The summed E-state index contributed by atoms with van der Waals surface area (Å²) in [4.78, 5) is 67.5. The number of halogens is 9. The maximum Gasteiger partial charge on any atom is 1.00 e. The molecule has 2 aliphatic carbocycles. The van der Waals surface area contributed by atoms with Gasteiger partial charge in [-0.1, -0.05) is 62.3 Å². The van der Waals surface area contributed by atoms with Crippen molar-refractivity contribution in [2.45, 2.75) is 110 Å². The van der Waals surface area contributed by atoms with Crippen LogP contribution >= 0.6 is 62.3 Å². The van der Waals surface area contributed by atoms with Gasteiger partial charge in [-0.15, -0.1) is 0 Å². The number of rotatable bonds is 11. The van der Waals surface area contributed by atoms with Gasteiger partial charge in [-0.2, -0.15) is 0 Å². The molecule has 24 nitrogen and oxygen atoms in total. The number of aliphatic hydroxyl groups is 2. The van der Waals surface area contributed by atoms with E-state index >= 15 is 0 Å². The number of aromatic carboxylic acids is 1. The van der Waals surface area contributed by atoms with Crippen molar-refractivity contribution in [1.29, 1.82) is 0 Å². The molecule has 95 heavy (non-hydrogen) atoms. The second-order valence-electron chi connectivity index (χ2n) is 22.8. The third-order valence-electron chi connectivity index (χ3n) is 16.5. The number of esters is 2. The standard InChI is InChI=1S/C19H21ClF2N2O3.C12H11ClN2O3.C11H9ClN2O3.C9H7ClN2O2.C7H13F2NO.C3H5BrO.Li.2H2O/c20-14-2-8-23-17-16(14)13(9-24(17)12-10-27-11-12)15(25)1-3-18(26)4-6-19(21,22)7-5-18;1-17-12(16)8-4-15(7-5-18-6-7)11-10(8)9(13)2-3-14-11;12-8-1-2-13-10-9(8)7(11(15)16)3-14(10)6-4-17-5-6;1-14-9(13)5-4-12-8-7(5)6(10)2-3-11-8;8-7(9)3-1-6(11,5-10)2-4-7;4-3-1-5-2-3;;;/h2,8-9,12,26H,1,3-7,10-11H2;2-4,7H,5-6H2,1H3;1-3,6H,4-5H2,(H,15,16);2-4H,1H3,(H,11,12);11H,1-5,10H2;3H,1-2H2;;2*1H2/q;;;;;;+1;;/p-1. The van der Waals surface area contributed by atoms with Crippen LogP contribution < -0.4 is 24.6 Å². The summed E-state index contributed by atoms with van der Waals surface area (Å²) in [5.74, 6) is -7.29. The number of carboxylic acid groups (broad SMARTS) is 1. The SMILES string of the molecule is BrC1COC1.COC(=O)c1c[nH]c2nccc(Cl)c12.COC(=O)c1cn(C2COC2)c2nccc(Cl)c12.NCC1(O)CCC(F)(F)CC1.O.O=C(CCC1(O)CCC(F)(F)CC1)c1cn(C2COC2)c2nccc(Cl)c12.O=C(O)c1cn(C2COC2)c2nccc(Cl)c12.[Li+].[OH-]. The Morgan fingerprint density at radius 2 is 0.937 bits per heavy atom. The smallest absolute Gasteiger partial charge is 0.870 e. The number of nitrogens with two attached hydrogens (primary N) is 1. The quantitative estimate of drug-likeness (QED) is 0.0270. The number of alkyl halides is 5. The molecular formula is C61H69BrCl4F4LiN9O15. The molecule has 34 heteroatoms. The number of carboxylic acids is 1. The van der Waals surface area contributed by atoms with E-state index in [0.29, 0.717) is 125 Å². The number of carbonyl (C=O) groups excluding carboxylic acids is 3. The summed E-state index contributed by atoms with van der Waals surface area (Å²) in [5, 5.41) is 33.3. The molecule has 4 saturated heterocycles. The first-order chi connectivity index (χ1) is 43.8. The zero-order valence-corrected chi connectivity index (χ0v) is 56.3. The molecule has 0 amide bonds. The average Bonchev–Trinajstić information content (AvgIpc) is 1.63. The van der Waals surface area contributed by atoms with Crippen LogP contribution in [0.25, 0.3) is 44.1 Å². The first-order valence-corrected chi connectivity index (χ1v) is 31.6. The topological polar surface area (TPSA) is 354 Å². The number of ketones is 1. The molecule has 0 spiro atoms. The second kappa shape index (κ2) is 33.8. The monoisotopic (exact) mass is 1470 g/mol. The van der Waals surface area contributed by atoms with Crippen molar-refractivity contribution in [3.05, 3.63) is 116 Å². The Balaban J connectivity index is 0.000000188. The van der Waals surface area contributed by atoms with Crippen LogP contribution in [0.3, 0.4) is 0 Å². The van der Waals surface area contributed by atoms with E-state index in [4.69, 9.17) is 80.9 Å². The Morgan fingerprint density at radius 3 is 1.31 bits per heavy atom. The third kappa shape index (κ3) is 18.6. The zero-order chi connectivity index (χ0) is 66.3. The molecule has 512 valence electrons. The van der Waals surface area contributed by atoms with Gasteiger partial charge < -0.3 is 79.1 Å². The van der Waals surface area contributed by atoms with Crippen LogP contribution in [0.4, 0.5) is 17.6 Å². The van der Waals surface area contributed by atoms with E-state index in [-0.39, 0.29) is 130 Å². The molecule has 2 saturated carbocycles. The van der Waals surface area contributed by atoms with Gasteiger partial charge in [-0.05, 0) is 56.4 Å². The largest absolute Gasteiger partial charge is 1.00 e. The van der Waals surface area contributed by atoms with Crippen LogP contribution in [0.5, 0.6) is 0 Å². The molecule has 6 aliphatic rings. The minimum Gasteiger partial charge on any atom is -0.870 e. The Hall–Kier alpha value is -5.56. The second-order valence-corrected chi connectivity index (χ2v) is 25.8. The Bertz CT molecular complexity index is 3940. The van der Waals surface area contributed by atoms with E-state index in [1.165, 1.54) is 20.4 Å². The van der Waals surface area contributed by atoms with Gasteiger partial charge in [-0.25, -0.2) is 51.9 Å². The molecule has 8 aromatic rings. The number of aromatic amines is 1. The van der Waals surface area contributed by atoms with E-state index in [2.05, 4.69) is 45.6 Å². The summed E-state index contributed by atoms with van der Waals surface area (Å²) in [5.41, 5.74) is 6.99. The van der Waals surface area contributed by atoms with Crippen LogP contribution in [-0.4, -0.2) is 190 Å². The molecule has 12 heterocycles. The summed E-state index contributed by atoms with van der Waals surface area (Å²) < 4.78 is 87.1. The van der Waals surface area contributed by atoms with Crippen LogP contribution in [0, 0.1) is 0 Å². The summed E-state index contributed by atoms with van der Waals surface area (Å²) in [6.07, 6.45) is 12.3. The van der Waals surface area contributed by atoms with E-state index in [1.54, 1.807) is 67.6 Å². The van der Waals surface area contributed by atoms with Crippen molar-refractivity contribution in [3.63, 3.8) is 0 Å². The van der Waals surface area contributed by atoms with E-state index < -0.39 is 41.0 Å². The number of methoxy groups -OCH3 is 2. The van der Waals surface area contributed by atoms with Gasteiger partial charge in [0.2, 0.25) is 11.8 Å². The molecule has 0 aromatic carbocycles. The molecule has 4 aliphatic heterocycles. The van der Waals surface area contributed by atoms with Crippen molar-refractivity contribution in [3.8, 4) is 0 Å². The van der Waals surface area contributed by atoms with Crippen molar-refractivity contribution in [2.24, 2.45) is 5.73 Å². The minimum atomic E-state index is -2.71. The number of aromatic nitrogens is 8. The fraction of sp³-hybridized carbons (Fsp3) is 0.475. The molecule has 6 fully saturated rings. The van der Waals surface area contributed by atoms with Gasteiger partial charge in [-0.3, -0.25) is 4.79 Å². The number of H-pyrrole nitrogens is 1. The number of carbonyl (C=O) groups is 4. The Morgan fingerprint density at radius 1 is 0.589 bits per heavy atom. The van der Waals surface area contributed by atoms with E-state index in [9.17, 15) is 47.0 Å². The molecule has 0 bridgehead atoms. The number of hydrogen-bond acceptors (Lipinski definition) is 18. The number of hydrogen-bond donors (Lipinski definition) is 5. The van der Waals surface area contributed by atoms with Gasteiger partial charge in [0, 0.05) is 99.2 Å². The number of fused-ring (bicyclic) bond motifs is 4. The van der Waals surface area contributed by atoms with E-state index in [0.717, 1.165) is 13.2 Å². The maximum atomic E-state index is 13.3.